The molecule has 1 atom stereocenters. The second kappa shape index (κ2) is 8.42. The zero-order valence-electron chi connectivity index (χ0n) is 16.8. The van der Waals surface area contributed by atoms with E-state index in [1.807, 2.05) is 44.2 Å². The van der Waals surface area contributed by atoms with Crippen LogP contribution in [0.4, 0.5) is 4.79 Å². The van der Waals surface area contributed by atoms with E-state index >= 15 is 0 Å². The fourth-order valence-corrected chi connectivity index (χ4v) is 4.18. The third-order valence-corrected chi connectivity index (χ3v) is 5.81. The first kappa shape index (κ1) is 21.4. The topological polar surface area (TPSA) is 75.7 Å². The molecule has 1 aliphatic heterocycles. The van der Waals surface area contributed by atoms with Gasteiger partial charge in [-0.2, -0.15) is 0 Å². The maximum absolute atomic E-state index is 13.2. The number of amides is 2. The summed E-state index contributed by atoms with van der Waals surface area (Å²) in [5, 5.41) is 2.89. The van der Waals surface area contributed by atoms with E-state index in [0.717, 1.165) is 5.56 Å². The molecular formula is C20H30N2O4S. The zero-order chi connectivity index (χ0) is 20.2. The van der Waals surface area contributed by atoms with Crippen LogP contribution in [0.15, 0.2) is 30.3 Å². The van der Waals surface area contributed by atoms with Crippen LogP contribution in [0.25, 0.3) is 0 Å². The summed E-state index contributed by atoms with van der Waals surface area (Å²) in [5.41, 5.74) is -0.685. The average molecular weight is 395 g/mol. The maximum atomic E-state index is 13.2. The lowest BCUT2D eigenvalue weighted by atomic mass is 9.79. The molecule has 0 radical (unpaired) electrons. The number of hydrogen-bond acceptors (Lipinski definition) is 4. The molecule has 2 rings (SSSR count). The summed E-state index contributed by atoms with van der Waals surface area (Å²) in [5.74, 6) is 0.929. The molecule has 27 heavy (non-hydrogen) atoms. The summed E-state index contributed by atoms with van der Waals surface area (Å²) in [6.07, 6.45) is -0.558. The van der Waals surface area contributed by atoms with E-state index in [1.54, 1.807) is 25.7 Å². The third-order valence-electron chi connectivity index (χ3n) is 4.53. The van der Waals surface area contributed by atoms with E-state index in [9.17, 15) is 13.8 Å². The summed E-state index contributed by atoms with van der Waals surface area (Å²) >= 11 is 0. The van der Waals surface area contributed by atoms with Gasteiger partial charge in [0.1, 0.15) is 5.60 Å². The number of nitrogens with one attached hydrogen (secondary N) is 1. The van der Waals surface area contributed by atoms with Gasteiger partial charge in [0.2, 0.25) is 5.91 Å². The molecule has 1 aromatic rings. The minimum atomic E-state index is -0.892. The van der Waals surface area contributed by atoms with Crippen molar-refractivity contribution in [2.75, 3.05) is 24.6 Å². The highest BCUT2D eigenvalue weighted by Gasteiger charge is 2.42. The van der Waals surface area contributed by atoms with Gasteiger partial charge < -0.3 is 15.0 Å². The van der Waals surface area contributed by atoms with Gasteiger partial charge in [0.05, 0.1) is 11.5 Å². The van der Waals surface area contributed by atoms with Gasteiger partial charge in [-0.05, 0) is 40.2 Å². The SMILES string of the molecule is CC(C)(C)OC(=O)NC(c1ccccc1)C(C)(C)C(=O)N1CCS(=O)CC1. The van der Waals surface area contributed by atoms with Gasteiger partial charge >= 0.3 is 6.09 Å². The maximum Gasteiger partial charge on any atom is 0.408 e. The molecule has 1 fully saturated rings. The smallest absolute Gasteiger partial charge is 0.408 e. The van der Waals surface area contributed by atoms with Crippen molar-refractivity contribution in [2.24, 2.45) is 5.41 Å². The molecule has 1 aromatic carbocycles. The number of ether oxygens (including phenoxy) is 1. The number of rotatable bonds is 4. The minimum Gasteiger partial charge on any atom is -0.444 e. The van der Waals surface area contributed by atoms with Crippen molar-refractivity contribution < 1.29 is 18.5 Å². The van der Waals surface area contributed by atoms with Crippen LogP contribution in [0.2, 0.25) is 0 Å². The van der Waals surface area contributed by atoms with Crippen LogP contribution in [-0.4, -0.2) is 51.3 Å². The van der Waals surface area contributed by atoms with Gasteiger partial charge in [0, 0.05) is 35.4 Å². The Balaban J connectivity index is 2.26. The molecule has 1 unspecified atom stereocenters. The molecule has 1 heterocycles. The summed E-state index contributed by atoms with van der Waals surface area (Å²) in [7, 11) is -0.855. The minimum absolute atomic E-state index is 0.0656. The highest BCUT2D eigenvalue weighted by Crippen LogP contribution is 2.36. The molecule has 7 heteroatoms. The molecule has 0 aliphatic carbocycles. The van der Waals surface area contributed by atoms with Crippen LogP contribution in [-0.2, 0) is 20.3 Å². The quantitative estimate of drug-likeness (QED) is 0.852. The van der Waals surface area contributed by atoms with Gasteiger partial charge in [-0.3, -0.25) is 9.00 Å². The summed E-state index contributed by atoms with van der Waals surface area (Å²) < 4.78 is 17.0. The molecule has 0 spiro atoms. The normalized spacial score (nSPS) is 17.3. The highest BCUT2D eigenvalue weighted by molar-refractivity contribution is 7.85. The van der Waals surface area contributed by atoms with Crippen molar-refractivity contribution >= 4 is 22.8 Å². The molecule has 150 valence electrons. The van der Waals surface area contributed by atoms with Crippen molar-refractivity contribution in [1.29, 1.82) is 0 Å². The molecule has 2 amide bonds. The Morgan fingerprint density at radius 3 is 2.15 bits per heavy atom. The van der Waals surface area contributed by atoms with Crippen LogP contribution in [0.1, 0.15) is 46.2 Å². The second-order valence-electron chi connectivity index (χ2n) is 8.35. The Kier molecular flexibility index (Phi) is 6.68. The first-order valence-electron chi connectivity index (χ1n) is 9.19. The Morgan fingerprint density at radius 2 is 1.63 bits per heavy atom. The summed E-state index contributed by atoms with van der Waals surface area (Å²) in [6.45, 7) is 10.0. The summed E-state index contributed by atoms with van der Waals surface area (Å²) in [4.78, 5) is 27.4. The lowest BCUT2D eigenvalue weighted by molar-refractivity contribution is -0.141. The third kappa shape index (κ3) is 5.79. The van der Waals surface area contributed by atoms with E-state index in [4.69, 9.17) is 4.74 Å². The monoisotopic (exact) mass is 394 g/mol. The van der Waals surface area contributed by atoms with E-state index in [1.165, 1.54) is 0 Å². The molecule has 6 nitrogen and oxygen atoms in total. The van der Waals surface area contributed by atoms with E-state index < -0.39 is 34.0 Å². The van der Waals surface area contributed by atoms with Gasteiger partial charge in [-0.15, -0.1) is 0 Å². The molecule has 0 aromatic heterocycles. The zero-order valence-corrected chi connectivity index (χ0v) is 17.6. The van der Waals surface area contributed by atoms with Gasteiger partial charge in [-0.1, -0.05) is 30.3 Å². The number of hydrogen-bond donors (Lipinski definition) is 1. The largest absolute Gasteiger partial charge is 0.444 e. The van der Waals surface area contributed by atoms with Crippen molar-refractivity contribution in [2.45, 2.75) is 46.3 Å². The molecule has 1 saturated heterocycles. The van der Waals surface area contributed by atoms with Gasteiger partial charge in [-0.25, -0.2) is 4.79 Å². The Bertz CT molecular complexity index is 688. The van der Waals surface area contributed by atoms with Gasteiger partial charge in [0.15, 0.2) is 0 Å². The van der Waals surface area contributed by atoms with Crippen molar-refractivity contribution in [1.82, 2.24) is 10.2 Å². The molecule has 0 bridgehead atoms. The standard InChI is InChI=1S/C20H30N2O4S/c1-19(2,3)26-18(24)21-16(15-9-7-6-8-10-15)20(4,5)17(23)22-11-13-27(25)14-12-22/h6-10,16H,11-14H2,1-5H3,(H,21,24). The first-order valence-corrected chi connectivity index (χ1v) is 10.7. The van der Waals surface area contributed by atoms with Gasteiger partial charge in [0.25, 0.3) is 0 Å². The molecular weight excluding hydrogens is 364 g/mol. The van der Waals surface area contributed by atoms with Crippen molar-refractivity contribution in [3.8, 4) is 0 Å². The first-order chi connectivity index (χ1) is 12.5. The van der Waals surface area contributed by atoms with Crippen LogP contribution < -0.4 is 5.32 Å². The Hall–Kier alpha value is -1.89. The summed E-state index contributed by atoms with van der Waals surface area (Å²) in [6, 6.07) is 8.88. The lowest BCUT2D eigenvalue weighted by Crippen LogP contribution is -2.52. The van der Waals surface area contributed by atoms with Crippen molar-refractivity contribution in [3.05, 3.63) is 35.9 Å². The van der Waals surface area contributed by atoms with Crippen molar-refractivity contribution in [3.63, 3.8) is 0 Å². The number of benzene rings is 1. The second-order valence-corrected chi connectivity index (χ2v) is 10.0. The fourth-order valence-electron chi connectivity index (χ4n) is 3.12. The van der Waals surface area contributed by atoms with Crippen LogP contribution in [0.5, 0.6) is 0 Å². The predicted octanol–water partition coefficient (Wildman–Crippen LogP) is 2.87. The van der Waals surface area contributed by atoms with Crippen LogP contribution in [0.3, 0.4) is 0 Å². The van der Waals surface area contributed by atoms with E-state index in [-0.39, 0.29) is 5.91 Å². The number of carbonyl (C=O) groups excluding carboxylic acids is 2. The van der Waals surface area contributed by atoms with Crippen LogP contribution >= 0.6 is 0 Å². The van der Waals surface area contributed by atoms with Crippen LogP contribution in [0, 0.1) is 5.41 Å². The molecule has 1 N–H and O–H groups in total. The lowest BCUT2D eigenvalue weighted by Gasteiger charge is -2.39. The number of nitrogens with zero attached hydrogens (tertiary/aromatic N) is 1. The Morgan fingerprint density at radius 1 is 1.07 bits per heavy atom. The molecule has 1 aliphatic rings. The Labute approximate surface area is 164 Å². The van der Waals surface area contributed by atoms with E-state index in [2.05, 4.69) is 5.32 Å². The fraction of sp³-hybridized carbons (Fsp3) is 0.600. The number of alkyl carbamates (subject to hydrolysis) is 1. The highest BCUT2D eigenvalue weighted by atomic mass is 32.2. The average Bonchev–Trinajstić information content (AvgIpc) is 2.59. The number of carbonyl (C=O) groups is 2. The molecule has 0 saturated carbocycles. The van der Waals surface area contributed by atoms with E-state index in [0.29, 0.717) is 24.6 Å². The predicted molar refractivity (Wildman–Crippen MR) is 107 cm³/mol.